The van der Waals surface area contributed by atoms with Gasteiger partial charge in [-0.15, -0.1) is 0 Å². The zero-order chi connectivity index (χ0) is 16.4. The number of amides is 2. The molecule has 1 unspecified atom stereocenters. The van der Waals surface area contributed by atoms with Gasteiger partial charge in [-0.3, -0.25) is 4.79 Å². The van der Waals surface area contributed by atoms with Crippen LogP contribution >= 0.6 is 0 Å². The number of hydrogen-bond donors (Lipinski definition) is 2. The number of nitrogens with zero attached hydrogens (tertiary/aromatic N) is 1. The van der Waals surface area contributed by atoms with Crippen molar-refractivity contribution in [1.29, 1.82) is 0 Å². The molecule has 1 atom stereocenters. The normalized spacial score (nSPS) is 11.9. The smallest absolute Gasteiger partial charge is 0.326 e. The predicted molar refractivity (Wildman–Crippen MR) is 74.9 cm³/mol. The van der Waals surface area contributed by atoms with Crippen molar-refractivity contribution in [1.82, 2.24) is 10.2 Å². The lowest BCUT2D eigenvalue weighted by Crippen LogP contribution is -2.51. The third-order valence-electron chi connectivity index (χ3n) is 2.88. The summed E-state index contributed by atoms with van der Waals surface area (Å²) in [6.07, 6.45) is 0.0348. The fraction of sp³-hybridized carbons (Fsp3) is 0.769. The van der Waals surface area contributed by atoms with E-state index in [0.29, 0.717) is 0 Å². The molecule has 0 spiro atoms. The Bertz CT molecular complexity index is 359. The van der Waals surface area contributed by atoms with Gasteiger partial charge >= 0.3 is 18.0 Å². The van der Waals surface area contributed by atoms with Gasteiger partial charge in [0.15, 0.2) is 0 Å². The van der Waals surface area contributed by atoms with Gasteiger partial charge in [-0.1, -0.05) is 13.8 Å². The van der Waals surface area contributed by atoms with E-state index in [1.807, 2.05) is 0 Å². The minimum Gasteiger partial charge on any atom is -0.480 e. The van der Waals surface area contributed by atoms with E-state index in [1.54, 1.807) is 13.8 Å². The molecule has 21 heavy (non-hydrogen) atoms. The monoisotopic (exact) mass is 304 g/mol. The molecule has 0 aliphatic heterocycles. The number of ether oxygens (including phenoxy) is 2. The number of nitrogens with one attached hydrogen (secondary N) is 1. The summed E-state index contributed by atoms with van der Waals surface area (Å²) >= 11 is 0. The highest BCUT2D eigenvalue weighted by Gasteiger charge is 2.26. The molecule has 8 nitrogen and oxygen atoms in total. The summed E-state index contributed by atoms with van der Waals surface area (Å²) in [4.78, 5) is 35.7. The first kappa shape index (κ1) is 19.2. The minimum absolute atomic E-state index is 0.0348. The van der Waals surface area contributed by atoms with Crippen LogP contribution in [0.25, 0.3) is 0 Å². The maximum absolute atomic E-state index is 12.1. The van der Waals surface area contributed by atoms with Gasteiger partial charge in [-0.05, 0) is 5.92 Å². The van der Waals surface area contributed by atoms with Gasteiger partial charge in [-0.2, -0.15) is 0 Å². The fourth-order valence-corrected chi connectivity index (χ4v) is 1.58. The van der Waals surface area contributed by atoms with E-state index >= 15 is 0 Å². The van der Waals surface area contributed by atoms with Crippen LogP contribution in [0, 0.1) is 5.92 Å². The van der Waals surface area contributed by atoms with Crippen LogP contribution in [0.2, 0.25) is 0 Å². The second kappa shape index (κ2) is 9.98. The van der Waals surface area contributed by atoms with Gasteiger partial charge < -0.3 is 24.8 Å². The summed E-state index contributed by atoms with van der Waals surface area (Å²) < 4.78 is 9.42. The van der Waals surface area contributed by atoms with E-state index in [4.69, 9.17) is 9.84 Å². The standard InChI is InChI=1S/C13H24N2O6/c1-9(2)11(12(17)18)14-13(19)15(7-8-20-3)6-5-10(16)21-4/h9,11H,5-8H2,1-4H3,(H,14,19)(H,17,18). The molecule has 0 aromatic heterocycles. The largest absolute Gasteiger partial charge is 0.480 e. The quantitative estimate of drug-likeness (QED) is 0.594. The fourth-order valence-electron chi connectivity index (χ4n) is 1.58. The van der Waals surface area contributed by atoms with Crippen molar-refractivity contribution in [3.05, 3.63) is 0 Å². The van der Waals surface area contributed by atoms with E-state index in [1.165, 1.54) is 19.1 Å². The summed E-state index contributed by atoms with van der Waals surface area (Å²) in [7, 11) is 2.76. The highest BCUT2D eigenvalue weighted by Crippen LogP contribution is 2.04. The Hall–Kier alpha value is -1.83. The van der Waals surface area contributed by atoms with E-state index in [-0.39, 0.29) is 32.0 Å². The highest BCUT2D eigenvalue weighted by molar-refractivity contribution is 5.83. The van der Waals surface area contributed by atoms with Crippen LogP contribution in [0.3, 0.4) is 0 Å². The molecular weight excluding hydrogens is 280 g/mol. The van der Waals surface area contributed by atoms with Crippen molar-refractivity contribution < 1.29 is 29.0 Å². The number of urea groups is 1. The lowest BCUT2D eigenvalue weighted by molar-refractivity contribution is -0.141. The van der Waals surface area contributed by atoms with Crippen molar-refractivity contribution in [2.45, 2.75) is 26.3 Å². The Balaban J connectivity index is 4.68. The molecule has 0 aromatic carbocycles. The van der Waals surface area contributed by atoms with Crippen molar-refractivity contribution >= 4 is 18.0 Å². The maximum atomic E-state index is 12.1. The Labute approximate surface area is 124 Å². The second-order valence-electron chi connectivity index (χ2n) is 4.82. The Morgan fingerprint density at radius 2 is 1.81 bits per heavy atom. The van der Waals surface area contributed by atoms with Crippen LogP contribution in [0.4, 0.5) is 4.79 Å². The molecule has 0 saturated carbocycles. The minimum atomic E-state index is -1.10. The van der Waals surface area contributed by atoms with E-state index in [2.05, 4.69) is 10.1 Å². The van der Waals surface area contributed by atoms with Gasteiger partial charge in [0.05, 0.1) is 20.1 Å². The molecular formula is C13H24N2O6. The van der Waals surface area contributed by atoms with Gasteiger partial charge in [0.2, 0.25) is 0 Å². The molecule has 0 fully saturated rings. The van der Waals surface area contributed by atoms with Crippen LogP contribution < -0.4 is 5.32 Å². The molecule has 0 rings (SSSR count). The van der Waals surface area contributed by atoms with Crippen molar-refractivity contribution in [3.63, 3.8) is 0 Å². The topological polar surface area (TPSA) is 105 Å². The lowest BCUT2D eigenvalue weighted by Gasteiger charge is -2.26. The summed E-state index contributed by atoms with van der Waals surface area (Å²) in [6.45, 7) is 4.07. The number of carboxylic acids is 1. The molecule has 122 valence electrons. The SMILES string of the molecule is COCCN(CCC(=O)OC)C(=O)NC(C(=O)O)C(C)C. The number of carboxylic acid groups (broad SMARTS) is 1. The average Bonchev–Trinajstić information content (AvgIpc) is 2.43. The van der Waals surface area contributed by atoms with E-state index in [9.17, 15) is 14.4 Å². The number of aliphatic carboxylic acids is 1. The highest BCUT2D eigenvalue weighted by atomic mass is 16.5. The molecule has 0 aliphatic carbocycles. The Morgan fingerprint density at radius 1 is 1.19 bits per heavy atom. The molecule has 0 bridgehead atoms. The number of rotatable bonds is 9. The van der Waals surface area contributed by atoms with Crippen LogP contribution in [-0.2, 0) is 19.1 Å². The van der Waals surface area contributed by atoms with Gasteiger partial charge in [0.1, 0.15) is 6.04 Å². The Morgan fingerprint density at radius 3 is 2.24 bits per heavy atom. The molecule has 0 heterocycles. The number of esters is 1. The van der Waals surface area contributed by atoms with Gasteiger partial charge in [-0.25, -0.2) is 9.59 Å². The summed E-state index contributed by atoms with van der Waals surface area (Å²) in [5, 5.41) is 11.5. The molecule has 8 heteroatoms. The molecule has 0 saturated heterocycles. The van der Waals surface area contributed by atoms with Crippen LogP contribution in [0.5, 0.6) is 0 Å². The van der Waals surface area contributed by atoms with Crippen LogP contribution in [-0.4, -0.2) is 67.9 Å². The zero-order valence-electron chi connectivity index (χ0n) is 12.9. The Kier molecular flexibility index (Phi) is 9.11. The first-order chi connectivity index (χ1) is 9.83. The van der Waals surface area contributed by atoms with Crippen molar-refractivity contribution in [3.8, 4) is 0 Å². The van der Waals surface area contributed by atoms with Crippen LogP contribution in [0.1, 0.15) is 20.3 Å². The van der Waals surface area contributed by atoms with Gasteiger partial charge in [0, 0.05) is 20.2 Å². The third-order valence-corrected chi connectivity index (χ3v) is 2.88. The zero-order valence-corrected chi connectivity index (χ0v) is 12.9. The van der Waals surface area contributed by atoms with Crippen molar-refractivity contribution in [2.75, 3.05) is 33.9 Å². The summed E-state index contributed by atoms with van der Waals surface area (Å²) in [5.41, 5.74) is 0. The number of hydrogen-bond acceptors (Lipinski definition) is 5. The average molecular weight is 304 g/mol. The van der Waals surface area contributed by atoms with Crippen LogP contribution in [0.15, 0.2) is 0 Å². The number of carbonyl (C=O) groups is 3. The first-order valence-corrected chi connectivity index (χ1v) is 6.67. The maximum Gasteiger partial charge on any atom is 0.326 e. The molecule has 0 aliphatic rings. The first-order valence-electron chi connectivity index (χ1n) is 6.67. The van der Waals surface area contributed by atoms with E-state index < -0.39 is 24.0 Å². The van der Waals surface area contributed by atoms with E-state index in [0.717, 1.165) is 0 Å². The van der Waals surface area contributed by atoms with Crippen molar-refractivity contribution in [2.24, 2.45) is 5.92 Å². The summed E-state index contributed by atoms with van der Waals surface area (Å²) in [5.74, 6) is -1.79. The lowest BCUT2D eigenvalue weighted by atomic mass is 10.1. The molecule has 0 aromatic rings. The second-order valence-corrected chi connectivity index (χ2v) is 4.82. The summed E-state index contributed by atoms with van der Waals surface area (Å²) in [6, 6.07) is -1.53. The predicted octanol–water partition coefficient (Wildman–Crippen LogP) is 0.317. The third kappa shape index (κ3) is 7.50. The van der Waals surface area contributed by atoms with Gasteiger partial charge in [0.25, 0.3) is 0 Å². The number of methoxy groups -OCH3 is 2. The number of carbonyl (C=O) groups excluding carboxylic acids is 2. The molecule has 2 N–H and O–H groups in total. The molecule has 0 radical (unpaired) electrons. The molecule has 2 amide bonds.